The van der Waals surface area contributed by atoms with Crippen LogP contribution in [0, 0.1) is 0 Å². The van der Waals surface area contributed by atoms with Gasteiger partial charge in [-0.3, -0.25) is 4.79 Å². The molecule has 2 aliphatic rings. The Morgan fingerprint density at radius 2 is 1.88 bits per heavy atom. The minimum Gasteiger partial charge on any atom is -0.394 e. The first-order valence-corrected chi connectivity index (χ1v) is 8.73. The summed E-state index contributed by atoms with van der Waals surface area (Å²) < 4.78 is 90.9. The molecule has 3 unspecified atom stereocenters. The van der Waals surface area contributed by atoms with Crippen molar-refractivity contribution in [1.29, 1.82) is 0 Å². The lowest BCUT2D eigenvalue weighted by molar-refractivity contribution is -0.189. The van der Waals surface area contributed by atoms with Crippen LogP contribution in [0.5, 0.6) is 5.75 Å². The van der Waals surface area contributed by atoms with Crippen LogP contribution >= 0.6 is 0 Å². The van der Waals surface area contributed by atoms with Gasteiger partial charge in [0.1, 0.15) is 5.75 Å². The van der Waals surface area contributed by atoms with Gasteiger partial charge in [-0.05, 0) is 42.5 Å². The van der Waals surface area contributed by atoms with Gasteiger partial charge in [0.2, 0.25) is 0 Å². The van der Waals surface area contributed by atoms with Crippen LogP contribution in [0.25, 0.3) is 0 Å². The molecule has 1 aliphatic heterocycles. The third-order valence-corrected chi connectivity index (χ3v) is 5.31. The van der Waals surface area contributed by atoms with Crippen LogP contribution in [-0.4, -0.2) is 39.3 Å². The molecular weight excluding hydrogens is 388 g/mol. The van der Waals surface area contributed by atoms with Crippen molar-refractivity contribution in [2.75, 3.05) is 6.54 Å². The van der Waals surface area contributed by atoms with Crippen LogP contribution in [0.4, 0.5) is 26.3 Å². The normalized spacial score (nSPS) is 24.0. The Morgan fingerprint density at radius 1 is 1.19 bits per heavy atom. The quantitative estimate of drug-likeness (QED) is 0.714. The number of likely N-dealkylation sites (tertiary alicyclic amines) is 1. The fourth-order valence-corrected chi connectivity index (χ4v) is 3.98. The van der Waals surface area contributed by atoms with E-state index in [9.17, 15) is 35.3 Å². The monoisotopic (exact) mass is 401 g/mol. The van der Waals surface area contributed by atoms with Crippen molar-refractivity contribution in [2.24, 2.45) is 0 Å². The zero-order valence-corrected chi connectivity index (χ0v) is 13.9. The average molecular weight is 401 g/mol. The number of rotatable bonds is 2. The number of amides is 1. The van der Waals surface area contributed by atoms with E-state index >= 15 is 0 Å². The standard InChI is InChI=1S/C15H13F6NO3S/c16-14(17,18)13(23)22-5-1-2-10-11-7-9(25-26(24)15(19,20)21)4-3-8(11)6-12(10)22/h3-4,7,10,12H,1-2,5-6H2. The van der Waals surface area contributed by atoms with Crippen LogP contribution in [0.2, 0.25) is 0 Å². The third kappa shape index (κ3) is 3.53. The van der Waals surface area contributed by atoms with Crippen molar-refractivity contribution in [2.45, 2.75) is 42.9 Å². The summed E-state index contributed by atoms with van der Waals surface area (Å²) in [5.41, 5.74) is -3.86. The van der Waals surface area contributed by atoms with Gasteiger partial charge in [-0.25, -0.2) is 4.21 Å². The fraction of sp³-hybridized carbons (Fsp3) is 0.533. The highest BCUT2D eigenvalue weighted by atomic mass is 32.2. The highest BCUT2D eigenvalue weighted by molar-refractivity contribution is 7.81. The van der Waals surface area contributed by atoms with Gasteiger partial charge in [-0.1, -0.05) is 6.07 Å². The number of piperidine rings is 1. The average Bonchev–Trinajstić information content (AvgIpc) is 2.90. The molecular formula is C15H13F6NO3S. The highest BCUT2D eigenvalue weighted by Gasteiger charge is 2.49. The summed E-state index contributed by atoms with van der Waals surface area (Å²) in [4.78, 5) is 12.4. The zero-order chi connectivity index (χ0) is 19.3. The summed E-state index contributed by atoms with van der Waals surface area (Å²) in [6.45, 7) is -0.0189. The van der Waals surface area contributed by atoms with Gasteiger partial charge in [0, 0.05) is 18.5 Å². The second kappa shape index (κ2) is 6.43. The molecule has 1 amide bonds. The number of fused-ring (bicyclic) bond motifs is 3. The number of benzene rings is 1. The smallest absolute Gasteiger partial charge is 0.394 e. The van der Waals surface area contributed by atoms with Crippen LogP contribution in [0.15, 0.2) is 18.2 Å². The number of alkyl halides is 6. The third-order valence-electron chi connectivity index (χ3n) is 4.59. The Morgan fingerprint density at radius 3 is 2.50 bits per heavy atom. The molecule has 0 saturated carbocycles. The lowest BCUT2D eigenvalue weighted by Crippen LogP contribution is -2.51. The van der Waals surface area contributed by atoms with Crippen molar-refractivity contribution in [3.05, 3.63) is 29.3 Å². The summed E-state index contributed by atoms with van der Waals surface area (Å²) in [5, 5.41) is 0. The van der Waals surface area contributed by atoms with Gasteiger partial charge in [0.15, 0.2) is 0 Å². The first-order valence-electron chi connectivity index (χ1n) is 7.66. The Kier molecular flexibility index (Phi) is 4.70. The Hall–Kier alpha value is -1.78. The van der Waals surface area contributed by atoms with Crippen molar-refractivity contribution in [3.8, 4) is 5.75 Å². The molecule has 1 fully saturated rings. The van der Waals surface area contributed by atoms with E-state index in [0.29, 0.717) is 24.0 Å². The lowest BCUT2D eigenvalue weighted by Gasteiger charge is -2.38. The van der Waals surface area contributed by atoms with Crippen LogP contribution < -0.4 is 4.18 Å². The van der Waals surface area contributed by atoms with E-state index in [4.69, 9.17) is 0 Å². The van der Waals surface area contributed by atoms with E-state index in [0.717, 1.165) is 4.90 Å². The molecule has 4 nitrogen and oxygen atoms in total. The van der Waals surface area contributed by atoms with Crippen LogP contribution in [0.3, 0.4) is 0 Å². The zero-order valence-electron chi connectivity index (χ0n) is 13.1. The minimum absolute atomic E-state index is 0.0189. The maximum absolute atomic E-state index is 12.8. The molecule has 3 rings (SSSR count). The molecule has 1 heterocycles. The van der Waals surface area contributed by atoms with Crippen LogP contribution in [0.1, 0.15) is 29.9 Å². The SMILES string of the molecule is O=C(N1CCCC2c3cc(OS(=O)C(F)(F)F)ccc3CC21)C(F)(F)F. The number of carbonyl (C=O) groups is 1. The van der Waals surface area contributed by atoms with Gasteiger partial charge in [0.25, 0.3) is 0 Å². The number of hydrogen-bond acceptors (Lipinski definition) is 3. The molecule has 0 N–H and O–H groups in total. The molecule has 0 aromatic heterocycles. The topological polar surface area (TPSA) is 46.6 Å². The van der Waals surface area contributed by atoms with Crippen molar-refractivity contribution in [3.63, 3.8) is 0 Å². The van der Waals surface area contributed by atoms with Gasteiger partial charge in [-0.2, -0.15) is 26.3 Å². The Bertz CT molecular complexity index is 748. The number of halogens is 6. The molecule has 144 valence electrons. The van der Waals surface area contributed by atoms with Gasteiger partial charge < -0.3 is 9.08 Å². The molecule has 1 aromatic carbocycles. The predicted molar refractivity (Wildman–Crippen MR) is 78.5 cm³/mol. The maximum atomic E-state index is 12.8. The second-order valence-electron chi connectivity index (χ2n) is 6.14. The first kappa shape index (κ1) is 19.0. The Labute approximate surface area is 146 Å². The molecule has 3 atom stereocenters. The van der Waals surface area contributed by atoms with Crippen molar-refractivity contribution in [1.82, 2.24) is 4.90 Å². The summed E-state index contributed by atoms with van der Waals surface area (Å²) in [6.07, 6.45) is -3.94. The molecule has 1 saturated heterocycles. The summed E-state index contributed by atoms with van der Waals surface area (Å²) >= 11 is -3.53. The van der Waals surface area contributed by atoms with Gasteiger partial charge in [0.05, 0.1) is 0 Å². The maximum Gasteiger partial charge on any atom is 0.508 e. The van der Waals surface area contributed by atoms with Crippen molar-refractivity contribution < 1.29 is 39.5 Å². The van der Waals surface area contributed by atoms with E-state index in [1.807, 2.05) is 0 Å². The molecule has 26 heavy (non-hydrogen) atoms. The Balaban J connectivity index is 1.84. The number of nitrogens with zero attached hydrogens (tertiary/aromatic N) is 1. The number of carbonyl (C=O) groups excluding carboxylic acids is 1. The van der Waals surface area contributed by atoms with Gasteiger partial charge >= 0.3 is 28.7 Å². The lowest BCUT2D eigenvalue weighted by atomic mass is 9.88. The summed E-state index contributed by atoms with van der Waals surface area (Å²) in [7, 11) is 0. The highest BCUT2D eigenvalue weighted by Crippen LogP contribution is 2.44. The van der Waals surface area contributed by atoms with E-state index in [2.05, 4.69) is 4.18 Å². The molecule has 0 bridgehead atoms. The molecule has 11 heteroatoms. The summed E-state index contributed by atoms with van der Waals surface area (Å²) in [6, 6.07) is 3.20. The van der Waals surface area contributed by atoms with E-state index in [-0.39, 0.29) is 18.7 Å². The predicted octanol–water partition coefficient (Wildman–Crippen LogP) is 3.44. The van der Waals surface area contributed by atoms with E-state index in [1.165, 1.54) is 18.2 Å². The van der Waals surface area contributed by atoms with Crippen molar-refractivity contribution >= 4 is 17.0 Å². The second-order valence-corrected chi connectivity index (χ2v) is 7.24. The minimum atomic E-state index is -5.04. The van der Waals surface area contributed by atoms with E-state index < -0.39 is 40.6 Å². The van der Waals surface area contributed by atoms with Gasteiger partial charge in [-0.15, -0.1) is 0 Å². The largest absolute Gasteiger partial charge is 0.508 e. The number of hydrogen-bond donors (Lipinski definition) is 0. The molecule has 0 spiro atoms. The first-order chi connectivity index (χ1) is 12.0. The van der Waals surface area contributed by atoms with Crippen LogP contribution in [-0.2, 0) is 22.3 Å². The molecule has 1 aromatic rings. The molecule has 1 aliphatic carbocycles. The van der Waals surface area contributed by atoms with E-state index in [1.54, 1.807) is 0 Å². The fourth-order valence-electron chi connectivity index (χ4n) is 3.60. The summed E-state index contributed by atoms with van der Waals surface area (Å²) in [5.74, 6) is -2.61. The molecule has 0 radical (unpaired) electrons.